The van der Waals surface area contributed by atoms with Gasteiger partial charge in [0.1, 0.15) is 16.9 Å². The van der Waals surface area contributed by atoms with Gasteiger partial charge in [-0.2, -0.15) is 15.8 Å². The van der Waals surface area contributed by atoms with Crippen molar-refractivity contribution < 1.29 is 4.42 Å². The molecule has 0 saturated carbocycles. The third-order valence-electron chi connectivity index (χ3n) is 6.50. The predicted molar refractivity (Wildman–Crippen MR) is 150 cm³/mol. The van der Waals surface area contributed by atoms with Crippen molar-refractivity contribution in [1.29, 1.82) is 21.0 Å². The van der Waals surface area contributed by atoms with E-state index in [1.807, 2.05) is 6.07 Å². The summed E-state index contributed by atoms with van der Waals surface area (Å²) in [5.41, 5.74) is 2.58. The molecule has 13 heteroatoms. The molecule has 0 atom stereocenters. The third kappa shape index (κ3) is 4.40. The van der Waals surface area contributed by atoms with Crippen LogP contribution in [0.2, 0.25) is 0 Å². The largest absolute Gasteiger partial charge is 0.434 e. The number of nitrogens with zero attached hydrogens (tertiary/aromatic N) is 12. The van der Waals surface area contributed by atoms with Crippen molar-refractivity contribution in [1.82, 2.24) is 19.9 Å². The van der Waals surface area contributed by atoms with Crippen molar-refractivity contribution in [3.05, 3.63) is 110 Å². The number of aromatic nitrogens is 4. The first kappa shape index (κ1) is 26.6. The minimum Gasteiger partial charge on any atom is -0.434 e. The molecule has 2 aromatic heterocycles. The average molecular weight is 567 g/mol. The summed E-state index contributed by atoms with van der Waals surface area (Å²) in [5.74, 6) is -0.0429. The van der Waals surface area contributed by atoms with Gasteiger partial charge in [-0.25, -0.2) is 44.9 Å². The quantitative estimate of drug-likeness (QED) is 0.225. The first-order chi connectivity index (χ1) is 21.4. The molecule has 1 aliphatic heterocycles. The monoisotopic (exact) mass is 566 g/mol. The van der Waals surface area contributed by atoms with Crippen LogP contribution in [-0.2, 0) is 0 Å². The fraction of sp³-hybridized carbons (Fsp3) is 0.0323. The molecule has 3 aromatic carbocycles. The van der Waals surface area contributed by atoms with E-state index in [0.29, 0.717) is 27.8 Å². The van der Waals surface area contributed by atoms with Crippen LogP contribution in [0.25, 0.3) is 55.3 Å². The van der Waals surface area contributed by atoms with Crippen LogP contribution in [0.4, 0.5) is 5.69 Å². The molecule has 13 nitrogen and oxygen atoms in total. The third-order valence-corrected chi connectivity index (χ3v) is 6.50. The van der Waals surface area contributed by atoms with Crippen LogP contribution in [0.1, 0.15) is 22.3 Å². The average Bonchev–Trinajstić information content (AvgIpc) is 3.68. The molecule has 0 aliphatic carbocycles. The highest BCUT2D eigenvalue weighted by atomic mass is 16.3. The summed E-state index contributed by atoms with van der Waals surface area (Å²) < 4.78 is 5.96. The van der Waals surface area contributed by atoms with Crippen LogP contribution in [0.15, 0.2) is 68.4 Å². The highest BCUT2D eigenvalue weighted by Crippen LogP contribution is 2.30. The van der Waals surface area contributed by atoms with Gasteiger partial charge >= 0.3 is 5.70 Å². The number of rotatable bonds is 3. The molecule has 0 spiro atoms. The second kappa shape index (κ2) is 10.4. The van der Waals surface area contributed by atoms with E-state index in [4.69, 9.17) is 17.6 Å². The number of hydrogen-bond acceptors (Lipinski definition) is 11. The summed E-state index contributed by atoms with van der Waals surface area (Å²) in [7, 11) is 0. The number of hydrogen-bond donors (Lipinski definition) is 0. The van der Waals surface area contributed by atoms with Gasteiger partial charge in [0.2, 0.25) is 5.82 Å². The maximum absolute atomic E-state index is 10.2. The number of fused-ring (bicyclic) bond motifs is 2. The zero-order valence-electron chi connectivity index (χ0n) is 22.3. The number of aryl methyl sites for hydroxylation is 1. The number of allylic oxidation sites excluding steroid dienone is 1. The van der Waals surface area contributed by atoms with Crippen LogP contribution in [0.5, 0.6) is 0 Å². The van der Waals surface area contributed by atoms with Gasteiger partial charge in [-0.3, -0.25) is 0 Å². The normalized spacial score (nSPS) is 12.2. The second-order valence-electron chi connectivity index (χ2n) is 9.15. The van der Waals surface area contributed by atoms with Crippen LogP contribution in [-0.4, -0.2) is 19.9 Å². The summed E-state index contributed by atoms with van der Waals surface area (Å²) in [6.45, 7) is 16.4. The number of oxazole rings is 1. The fourth-order valence-electron chi connectivity index (χ4n) is 4.44. The summed E-state index contributed by atoms with van der Waals surface area (Å²) in [5, 5.41) is 38.9. The molecule has 44 heavy (non-hydrogen) atoms. The van der Waals surface area contributed by atoms with Crippen molar-refractivity contribution in [3.8, 4) is 58.8 Å². The molecule has 5 aromatic rings. The molecule has 0 radical (unpaired) electrons. The molecule has 200 valence electrons. The van der Waals surface area contributed by atoms with Crippen molar-refractivity contribution in [2.45, 2.75) is 6.92 Å². The Labute approximate surface area is 247 Å². The van der Waals surface area contributed by atoms with Gasteiger partial charge in [0.25, 0.3) is 5.89 Å². The minimum absolute atomic E-state index is 0.00141. The minimum atomic E-state index is -0.324. The Balaban J connectivity index is 1.64. The summed E-state index contributed by atoms with van der Waals surface area (Å²) in [6.07, 6.45) is 0. The first-order valence-electron chi connectivity index (χ1n) is 12.4. The van der Waals surface area contributed by atoms with Gasteiger partial charge in [-0.1, -0.05) is 0 Å². The van der Waals surface area contributed by atoms with E-state index in [0.717, 1.165) is 0 Å². The predicted octanol–water partition coefficient (Wildman–Crippen LogP) is 4.35. The second-order valence-corrected chi connectivity index (χ2v) is 9.15. The van der Waals surface area contributed by atoms with E-state index in [-0.39, 0.29) is 68.0 Å². The maximum Gasteiger partial charge on any atom is 0.305 e. The Morgan fingerprint density at radius 3 is 2.34 bits per heavy atom. The van der Waals surface area contributed by atoms with Crippen LogP contribution < -0.4 is 10.7 Å². The highest BCUT2D eigenvalue weighted by molar-refractivity contribution is 5.79. The Morgan fingerprint density at radius 1 is 0.841 bits per heavy atom. The van der Waals surface area contributed by atoms with Crippen molar-refractivity contribution in [2.75, 3.05) is 0 Å². The Hall–Kier alpha value is -7.58. The van der Waals surface area contributed by atoms with Crippen LogP contribution in [0.3, 0.4) is 0 Å². The SMILES string of the molecule is [C-]#[N+]/C(C#N)=C1\N=c2ccc(-c3nc(-c4cc(C#N)cc([N+]#[C-])c4)nc(-c4nc5cc(C#N)c(C)cc5o4)n3)c(C#N)c2=N1. The fourth-order valence-corrected chi connectivity index (χ4v) is 4.44. The molecule has 0 amide bonds. The van der Waals surface area contributed by atoms with E-state index in [1.165, 1.54) is 18.2 Å². The number of benzene rings is 3. The lowest BCUT2D eigenvalue weighted by Crippen LogP contribution is -2.25. The van der Waals surface area contributed by atoms with Gasteiger partial charge in [0.15, 0.2) is 28.7 Å². The lowest BCUT2D eigenvalue weighted by Gasteiger charge is -2.08. The van der Waals surface area contributed by atoms with E-state index in [9.17, 15) is 21.0 Å². The molecular weight excluding hydrogens is 556 g/mol. The Bertz CT molecular complexity index is 2490. The molecule has 1 aliphatic rings. The van der Waals surface area contributed by atoms with Crippen molar-refractivity contribution in [3.63, 3.8) is 0 Å². The van der Waals surface area contributed by atoms with Gasteiger partial charge in [0.05, 0.1) is 47.8 Å². The molecular formula is C31H10N12O. The molecule has 0 N–H and O–H groups in total. The lowest BCUT2D eigenvalue weighted by molar-refractivity contribution is 0.612. The van der Waals surface area contributed by atoms with E-state index < -0.39 is 0 Å². The van der Waals surface area contributed by atoms with E-state index in [1.54, 1.807) is 37.3 Å². The topological polar surface area (TPSA) is 193 Å². The lowest BCUT2D eigenvalue weighted by atomic mass is 10.1. The Kier molecular flexibility index (Phi) is 6.32. The molecule has 0 saturated heterocycles. The molecule has 3 heterocycles. The summed E-state index contributed by atoms with van der Waals surface area (Å²) >= 11 is 0. The summed E-state index contributed by atoms with van der Waals surface area (Å²) in [4.78, 5) is 33.2. The Morgan fingerprint density at radius 2 is 1.64 bits per heavy atom. The van der Waals surface area contributed by atoms with Crippen molar-refractivity contribution in [2.24, 2.45) is 9.98 Å². The first-order valence-corrected chi connectivity index (χ1v) is 12.4. The van der Waals surface area contributed by atoms with E-state index in [2.05, 4.69) is 51.7 Å². The van der Waals surface area contributed by atoms with Crippen LogP contribution in [0, 0.1) is 65.4 Å². The van der Waals surface area contributed by atoms with Gasteiger partial charge in [0, 0.05) is 16.7 Å². The smallest absolute Gasteiger partial charge is 0.305 e. The molecule has 0 unspecified atom stereocenters. The van der Waals surface area contributed by atoms with Gasteiger partial charge < -0.3 is 4.42 Å². The zero-order valence-corrected chi connectivity index (χ0v) is 22.3. The van der Waals surface area contributed by atoms with E-state index >= 15 is 0 Å². The van der Waals surface area contributed by atoms with Gasteiger partial charge in [-0.15, -0.1) is 0 Å². The maximum atomic E-state index is 10.2. The van der Waals surface area contributed by atoms with Gasteiger partial charge in [-0.05, 0) is 55.0 Å². The standard InChI is InChI=1S/C31H10N12O/c1-15-6-25-23(10-18(15)12-33)39-31(44-25)30-42-27(17-7-16(11-32)8-19(9-17)36-2)41-28(43-30)20-4-5-22-26(21(20)13-34)40-29(38-22)24(14-35)37-3/h4-10H,1H3/b29-24+. The van der Waals surface area contributed by atoms with Crippen LogP contribution >= 0.6 is 0 Å². The zero-order chi connectivity index (χ0) is 31.0. The molecule has 0 fully saturated rings. The summed E-state index contributed by atoms with van der Waals surface area (Å²) in [6, 6.07) is 18.8. The molecule has 0 bridgehead atoms. The number of nitriles is 4. The van der Waals surface area contributed by atoms with Crippen molar-refractivity contribution >= 4 is 16.8 Å². The highest BCUT2D eigenvalue weighted by Gasteiger charge is 2.22. The molecule has 6 rings (SSSR count).